The van der Waals surface area contributed by atoms with Crippen molar-refractivity contribution < 1.29 is 10.0 Å². The fourth-order valence-corrected chi connectivity index (χ4v) is 3.35. The Labute approximate surface area is 129 Å². The van der Waals surface area contributed by atoms with Gasteiger partial charge in [-0.2, -0.15) is 0 Å². The van der Waals surface area contributed by atoms with E-state index in [1.54, 1.807) is 19.1 Å². The lowest BCUT2D eigenvalue weighted by Crippen LogP contribution is -2.07. The molecule has 0 aliphatic carbocycles. The summed E-state index contributed by atoms with van der Waals surface area (Å²) in [6.45, 7) is 1.57. The van der Waals surface area contributed by atoms with E-state index >= 15 is 0 Å². The highest BCUT2D eigenvalue weighted by molar-refractivity contribution is 8.01. The molecule has 21 heavy (non-hydrogen) atoms. The highest BCUT2D eigenvalue weighted by Crippen LogP contribution is 2.38. The largest absolute Gasteiger partial charge is 0.389 e. The lowest BCUT2D eigenvalue weighted by atomic mass is 10.1. The van der Waals surface area contributed by atoms with Crippen LogP contribution in [0.25, 0.3) is 0 Å². The van der Waals surface area contributed by atoms with E-state index in [4.69, 9.17) is 0 Å². The molecule has 0 aliphatic rings. The molecule has 0 fully saturated rings. The molecule has 1 aromatic heterocycles. The average molecular weight is 326 g/mol. The first-order valence-corrected chi connectivity index (χ1v) is 7.67. The van der Waals surface area contributed by atoms with Crippen LogP contribution in [0.5, 0.6) is 0 Å². The van der Waals surface area contributed by atoms with Crippen molar-refractivity contribution in [3.8, 4) is 0 Å². The predicted octanol–water partition coefficient (Wildman–Crippen LogP) is 2.72. The smallest absolute Gasteiger partial charge is 0.283 e. The van der Waals surface area contributed by atoms with E-state index in [1.165, 1.54) is 29.2 Å². The molecule has 0 bridgehead atoms. The van der Waals surface area contributed by atoms with E-state index in [9.17, 15) is 15.2 Å². The summed E-state index contributed by atoms with van der Waals surface area (Å²) in [5.74, 6) is 0. The van der Waals surface area contributed by atoms with Crippen molar-refractivity contribution in [2.45, 2.75) is 22.3 Å². The average Bonchev–Trinajstić information content (AvgIpc) is 2.87. The van der Waals surface area contributed by atoms with Gasteiger partial charge in [-0.3, -0.25) is 10.1 Å². The van der Waals surface area contributed by atoms with Crippen LogP contribution in [0.2, 0.25) is 0 Å². The van der Waals surface area contributed by atoms with Crippen molar-refractivity contribution in [3.63, 3.8) is 0 Å². The molecule has 1 heterocycles. The van der Waals surface area contributed by atoms with E-state index in [1.807, 2.05) is 19.0 Å². The third-order valence-electron chi connectivity index (χ3n) is 2.64. The van der Waals surface area contributed by atoms with Crippen molar-refractivity contribution in [2.24, 2.45) is 0 Å². The Kier molecular flexibility index (Phi) is 4.76. The first-order valence-electron chi connectivity index (χ1n) is 6.03. The predicted molar refractivity (Wildman–Crippen MR) is 82.1 cm³/mol. The molecule has 2 rings (SSSR count). The number of anilines is 1. The normalized spacial score (nSPS) is 12.2. The molecule has 1 atom stereocenters. The Morgan fingerprint density at radius 3 is 2.67 bits per heavy atom. The first kappa shape index (κ1) is 15.7. The van der Waals surface area contributed by atoms with Crippen molar-refractivity contribution >= 4 is 33.9 Å². The summed E-state index contributed by atoms with van der Waals surface area (Å²) in [5.41, 5.74) is 0.470. The summed E-state index contributed by atoms with van der Waals surface area (Å²) in [4.78, 5) is 13.0. The van der Waals surface area contributed by atoms with Gasteiger partial charge in [0, 0.05) is 20.2 Å². The number of nitrogens with zero attached hydrogens (tertiary/aromatic N) is 4. The van der Waals surface area contributed by atoms with Crippen LogP contribution < -0.4 is 4.90 Å². The molecule has 0 saturated carbocycles. The number of nitro benzene ring substituents is 1. The molecule has 0 amide bonds. The summed E-state index contributed by atoms with van der Waals surface area (Å²) in [6.07, 6.45) is -0.746. The van der Waals surface area contributed by atoms with E-state index in [2.05, 4.69) is 10.2 Å². The number of benzene rings is 1. The van der Waals surface area contributed by atoms with Crippen LogP contribution in [0.1, 0.15) is 18.6 Å². The number of aliphatic hydroxyl groups excluding tert-OH is 1. The monoisotopic (exact) mass is 326 g/mol. The molecule has 7 nitrogen and oxygen atoms in total. The molecule has 2 aromatic rings. The zero-order valence-corrected chi connectivity index (χ0v) is 13.3. The molecule has 0 unspecified atom stereocenters. The number of nitro groups is 1. The van der Waals surface area contributed by atoms with Crippen molar-refractivity contribution in [1.82, 2.24) is 10.2 Å². The first-order chi connectivity index (χ1) is 9.88. The van der Waals surface area contributed by atoms with E-state index in [-0.39, 0.29) is 5.69 Å². The summed E-state index contributed by atoms with van der Waals surface area (Å²) in [7, 11) is 3.71. The fraction of sp³-hybridized carbons (Fsp3) is 0.333. The number of hydrogen-bond acceptors (Lipinski definition) is 8. The molecule has 1 aromatic carbocycles. The number of aromatic nitrogens is 2. The summed E-state index contributed by atoms with van der Waals surface area (Å²) in [5, 5.41) is 29.4. The topological polar surface area (TPSA) is 92.4 Å². The molecular weight excluding hydrogens is 312 g/mol. The second kappa shape index (κ2) is 6.37. The third-order valence-corrected chi connectivity index (χ3v) is 4.84. The van der Waals surface area contributed by atoms with Crippen molar-refractivity contribution in [1.29, 1.82) is 0 Å². The highest BCUT2D eigenvalue weighted by Gasteiger charge is 2.19. The van der Waals surface area contributed by atoms with Gasteiger partial charge in [-0.05, 0) is 30.3 Å². The fourth-order valence-electron chi connectivity index (χ4n) is 1.54. The van der Waals surface area contributed by atoms with Crippen LogP contribution in [0.4, 0.5) is 10.8 Å². The molecule has 0 spiro atoms. The lowest BCUT2D eigenvalue weighted by Gasteiger charge is -2.06. The molecule has 0 aliphatic heterocycles. The second-order valence-electron chi connectivity index (χ2n) is 4.51. The number of aliphatic hydroxyl groups is 1. The van der Waals surface area contributed by atoms with E-state index in [0.29, 0.717) is 14.8 Å². The standard InChI is InChI=1S/C12H14N4O3S2/c1-7(17)8-4-5-10(9(6-8)16(18)19)20-12-14-13-11(21-12)15(2)3/h4-7,17H,1-3H3/t7-/m1/s1. The third kappa shape index (κ3) is 3.69. The van der Waals surface area contributed by atoms with Crippen molar-refractivity contribution in [3.05, 3.63) is 33.9 Å². The minimum Gasteiger partial charge on any atom is -0.389 e. The zero-order chi connectivity index (χ0) is 15.6. The van der Waals surface area contributed by atoms with Crippen LogP contribution in [0.3, 0.4) is 0 Å². The maximum atomic E-state index is 11.2. The quantitative estimate of drug-likeness (QED) is 0.667. The van der Waals surface area contributed by atoms with Gasteiger partial charge in [0.2, 0.25) is 5.13 Å². The maximum Gasteiger partial charge on any atom is 0.283 e. The van der Waals surface area contributed by atoms with Gasteiger partial charge in [0.1, 0.15) is 0 Å². The van der Waals surface area contributed by atoms with Gasteiger partial charge < -0.3 is 10.0 Å². The van der Waals surface area contributed by atoms with Gasteiger partial charge in [-0.25, -0.2) is 0 Å². The van der Waals surface area contributed by atoms with Gasteiger partial charge in [0.15, 0.2) is 4.34 Å². The summed E-state index contributed by atoms with van der Waals surface area (Å²) < 4.78 is 0.631. The lowest BCUT2D eigenvalue weighted by molar-refractivity contribution is -0.387. The van der Waals surface area contributed by atoms with Crippen molar-refractivity contribution in [2.75, 3.05) is 19.0 Å². The zero-order valence-electron chi connectivity index (χ0n) is 11.7. The van der Waals surface area contributed by atoms with Gasteiger partial charge in [-0.15, -0.1) is 10.2 Å². The van der Waals surface area contributed by atoms with Gasteiger partial charge in [-0.1, -0.05) is 17.4 Å². The number of rotatable bonds is 5. The molecular formula is C12H14N4O3S2. The Morgan fingerprint density at radius 2 is 2.14 bits per heavy atom. The van der Waals surface area contributed by atoms with Gasteiger partial charge >= 0.3 is 0 Å². The Bertz CT molecular complexity index is 658. The Hall–Kier alpha value is -1.71. The van der Waals surface area contributed by atoms with Gasteiger partial charge in [0.05, 0.1) is 15.9 Å². The molecule has 112 valence electrons. The SMILES string of the molecule is C[C@@H](O)c1ccc(Sc2nnc(N(C)C)s2)c([N+](=O)[O-])c1. The maximum absolute atomic E-state index is 11.2. The minimum atomic E-state index is -0.746. The van der Waals surface area contributed by atoms with E-state index < -0.39 is 11.0 Å². The van der Waals surface area contributed by atoms with Crippen LogP contribution in [-0.2, 0) is 0 Å². The molecule has 9 heteroatoms. The van der Waals surface area contributed by atoms with Crippen LogP contribution in [0.15, 0.2) is 27.4 Å². The molecule has 0 saturated heterocycles. The van der Waals surface area contributed by atoms with E-state index in [0.717, 1.165) is 5.13 Å². The number of hydrogen-bond donors (Lipinski definition) is 1. The highest BCUT2D eigenvalue weighted by atomic mass is 32.2. The van der Waals surface area contributed by atoms with Crippen LogP contribution in [0, 0.1) is 10.1 Å². The second-order valence-corrected chi connectivity index (χ2v) is 6.75. The summed E-state index contributed by atoms with van der Waals surface area (Å²) in [6, 6.07) is 4.69. The Morgan fingerprint density at radius 1 is 1.43 bits per heavy atom. The van der Waals surface area contributed by atoms with Gasteiger partial charge in [0.25, 0.3) is 5.69 Å². The van der Waals surface area contributed by atoms with Crippen LogP contribution >= 0.6 is 23.1 Å². The molecule has 1 N–H and O–H groups in total. The molecule has 0 radical (unpaired) electrons. The Balaban J connectivity index is 2.32. The summed E-state index contributed by atoms with van der Waals surface area (Å²) >= 11 is 2.56. The van der Waals surface area contributed by atoms with Crippen LogP contribution in [-0.4, -0.2) is 34.3 Å². The minimum absolute atomic E-state index is 0.0417.